The first-order valence-corrected chi connectivity index (χ1v) is 7.92. The molecule has 0 aliphatic carbocycles. The molecule has 5 heteroatoms. The summed E-state index contributed by atoms with van der Waals surface area (Å²) in [6.07, 6.45) is 4.61. The average molecular weight is 291 g/mol. The highest BCUT2D eigenvalue weighted by molar-refractivity contribution is 5.12. The molecule has 2 N–H and O–H groups in total. The van der Waals surface area contributed by atoms with Crippen LogP contribution in [0.1, 0.15) is 37.9 Å². The van der Waals surface area contributed by atoms with Crippen LogP contribution in [-0.4, -0.2) is 48.0 Å². The van der Waals surface area contributed by atoms with E-state index in [1.807, 2.05) is 18.3 Å². The Bertz CT molecular complexity index is 438. The molecular weight excluding hydrogens is 266 g/mol. The van der Waals surface area contributed by atoms with Crippen LogP contribution in [0.3, 0.4) is 0 Å². The molecule has 2 saturated heterocycles. The van der Waals surface area contributed by atoms with Crippen LogP contribution in [0.4, 0.5) is 0 Å². The fraction of sp³-hybridized carbons (Fsp3) is 0.688. The summed E-state index contributed by atoms with van der Waals surface area (Å²) in [6.45, 7) is 5.45. The molecule has 116 valence electrons. The summed E-state index contributed by atoms with van der Waals surface area (Å²) in [5, 5.41) is 0. The molecule has 1 aromatic rings. The van der Waals surface area contributed by atoms with Crippen molar-refractivity contribution >= 4 is 0 Å². The highest BCUT2D eigenvalue weighted by atomic mass is 16.7. The fourth-order valence-corrected chi connectivity index (χ4v) is 3.38. The highest BCUT2D eigenvalue weighted by Crippen LogP contribution is 2.35. The third kappa shape index (κ3) is 3.11. The molecule has 0 saturated carbocycles. The number of ether oxygens (including phenoxy) is 2. The molecule has 3 rings (SSSR count). The van der Waals surface area contributed by atoms with E-state index in [2.05, 4.69) is 22.9 Å². The summed E-state index contributed by atoms with van der Waals surface area (Å²) in [7, 11) is 0. The van der Waals surface area contributed by atoms with Crippen molar-refractivity contribution in [3.8, 4) is 0 Å². The van der Waals surface area contributed by atoms with Gasteiger partial charge >= 0.3 is 0 Å². The van der Waals surface area contributed by atoms with Gasteiger partial charge in [-0.05, 0) is 18.6 Å². The Balaban J connectivity index is 1.73. The molecule has 1 aromatic heterocycles. The van der Waals surface area contributed by atoms with Gasteiger partial charge in [0.05, 0.1) is 24.9 Å². The van der Waals surface area contributed by atoms with Gasteiger partial charge in [0, 0.05) is 38.2 Å². The Morgan fingerprint density at radius 1 is 1.29 bits per heavy atom. The van der Waals surface area contributed by atoms with E-state index in [-0.39, 0.29) is 17.9 Å². The number of nitrogens with two attached hydrogens (primary N) is 1. The largest absolute Gasteiger partial charge is 0.347 e. The second-order valence-corrected chi connectivity index (χ2v) is 5.92. The molecule has 0 bridgehead atoms. The number of likely N-dealkylation sites (tertiary alicyclic amines) is 1. The Kier molecular flexibility index (Phi) is 4.54. The second-order valence-electron chi connectivity index (χ2n) is 5.92. The summed E-state index contributed by atoms with van der Waals surface area (Å²) in [5.74, 6) is -0.332. The van der Waals surface area contributed by atoms with Crippen molar-refractivity contribution in [1.29, 1.82) is 0 Å². The Morgan fingerprint density at radius 3 is 2.57 bits per heavy atom. The van der Waals surface area contributed by atoms with Gasteiger partial charge in [-0.15, -0.1) is 0 Å². The first kappa shape index (κ1) is 14.9. The van der Waals surface area contributed by atoms with Crippen LogP contribution in [-0.2, 0) is 9.47 Å². The van der Waals surface area contributed by atoms with Crippen molar-refractivity contribution in [3.63, 3.8) is 0 Å². The van der Waals surface area contributed by atoms with Crippen molar-refractivity contribution in [2.24, 2.45) is 5.73 Å². The summed E-state index contributed by atoms with van der Waals surface area (Å²) in [4.78, 5) is 6.97. The zero-order valence-corrected chi connectivity index (χ0v) is 12.7. The molecule has 2 unspecified atom stereocenters. The van der Waals surface area contributed by atoms with E-state index in [1.54, 1.807) is 0 Å². The molecular formula is C16H25N3O2. The molecule has 2 aliphatic heterocycles. The van der Waals surface area contributed by atoms with E-state index in [0.717, 1.165) is 51.3 Å². The van der Waals surface area contributed by atoms with E-state index in [4.69, 9.17) is 15.2 Å². The zero-order valence-electron chi connectivity index (χ0n) is 12.7. The maximum Gasteiger partial charge on any atom is 0.170 e. The van der Waals surface area contributed by atoms with Gasteiger partial charge in [-0.1, -0.05) is 13.0 Å². The predicted octanol–water partition coefficient (Wildman–Crippen LogP) is 1.70. The summed E-state index contributed by atoms with van der Waals surface area (Å²) in [6, 6.07) is 6.33. The lowest BCUT2D eigenvalue weighted by Gasteiger charge is -2.42. The molecule has 0 aromatic carbocycles. The normalized spacial score (nSPS) is 25.0. The monoisotopic (exact) mass is 291 g/mol. The summed E-state index contributed by atoms with van der Waals surface area (Å²) >= 11 is 0. The summed E-state index contributed by atoms with van der Waals surface area (Å²) < 4.78 is 11.6. The molecule has 5 nitrogen and oxygen atoms in total. The van der Waals surface area contributed by atoms with E-state index in [0.29, 0.717) is 0 Å². The lowest BCUT2D eigenvalue weighted by atomic mass is 9.95. The number of hydrogen-bond acceptors (Lipinski definition) is 5. The quantitative estimate of drug-likeness (QED) is 0.915. The lowest BCUT2D eigenvalue weighted by Crippen LogP contribution is -2.50. The minimum atomic E-state index is -0.332. The molecule has 21 heavy (non-hydrogen) atoms. The average Bonchev–Trinajstić information content (AvgIpc) is 2.99. The first-order chi connectivity index (χ1) is 10.2. The number of nitrogens with zero attached hydrogens (tertiary/aromatic N) is 2. The predicted molar refractivity (Wildman–Crippen MR) is 80.7 cm³/mol. The molecule has 2 fully saturated rings. The van der Waals surface area contributed by atoms with Gasteiger partial charge in [-0.2, -0.15) is 0 Å². The van der Waals surface area contributed by atoms with Crippen LogP contribution >= 0.6 is 0 Å². The number of piperidine rings is 1. The van der Waals surface area contributed by atoms with E-state index >= 15 is 0 Å². The molecule has 2 atom stereocenters. The third-order valence-electron chi connectivity index (χ3n) is 4.63. The van der Waals surface area contributed by atoms with Crippen molar-refractivity contribution in [3.05, 3.63) is 30.1 Å². The van der Waals surface area contributed by atoms with Crippen molar-refractivity contribution in [1.82, 2.24) is 9.88 Å². The van der Waals surface area contributed by atoms with Crippen LogP contribution in [0.15, 0.2) is 24.4 Å². The molecule has 3 heterocycles. The molecule has 2 aliphatic rings. The zero-order chi connectivity index (χ0) is 14.7. The van der Waals surface area contributed by atoms with Gasteiger partial charge in [0.25, 0.3) is 0 Å². The van der Waals surface area contributed by atoms with Gasteiger partial charge in [0.15, 0.2) is 5.79 Å². The van der Waals surface area contributed by atoms with Gasteiger partial charge in [0.1, 0.15) is 0 Å². The Labute approximate surface area is 126 Å². The van der Waals surface area contributed by atoms with Crippen LogP contribution in [0.2, 0.25) is 0 Å². The number of hydrogen-bond donors (Lipinski definition) is 1. The van der Waals surface area contributed by atoms with E-state index < -0.39 is 0 Å². The SMILES string of the molecule is CCC(N)C(c1ccccn1)N1CCC2(CC1)OCCO2. The van der Waals surface area contributed by atoms with Gasteiger partial charge in [0.2, 0.25) is 0 Å². The van der Waals surface area contributed by atoms with Crippen LogP contribution in [0.5, 0.6) is 0 Å². The van der Waals surface area contributed by atoms with Crippen molar-refractivity contribution in [2.75, 3.05) is 26.3 Å². The standard InChI is InChI=1S/C16H25N3O2/c1-2-13(17)15(14-5-3-4-8-18-14)19-9-6-16(7-10-19)20-11-12-21-16/h3-5,8,13,15H,2,6-7,9-12,17H2,1H3. The van der Waals surface area contributed by atoms with E-state index in [1.165, 1.54) is 0 Å². The highest BCUT2D eigenvalue weighted by Gasteiger charge is 2.42. The van der Waals surface area contributed by atoms with Crippen LogP contribution in [0.25, 0.3) is 0 Å². The maximum atomic E-state index is 6.38. The molecule has 1 spiro atoms. The van der Waals surface area contributed by atoms with E-state index in [9.17, 15) is 0 Å². The summed E-state index contributed by atoms with van der Waals surface area (Å²) in [5.41, 5.74) is 7.45. The van der Waals surface area contributed by atoms with Gasteiger partial charge in [-0.25, -0.2) is 0 Å². The number of rotatable bonds is 4. The minimum absolute atomic E-state index is 0.0966. The molecule has 0 amide bonds. The van der Waals surface area contributed by atoms with Crippen molar-refractivity contribution in [2.45, 2.75) is 44.1 Å². The first-order valence-electron chi connectivity index (χ1n) is 7.92. The Hall–Kier alpha value is -1.01. The van der Waals surface area contributed by atoms with Gasteiger partial charge in [-0.3, -0.25) is 9.88 Å². The third-order valence-corrected chi connectivity index (χ3v) is 4.63. The number of aromatic nitrogens is 1. The van der Waals surface area contributed by atoms with Crippen LogP contribution < -0.4 is 5.73 Å². The minimum Gasteiger partial charge on any atom is -0.347 e. The van der Waals surface area contributed by atoms with Crippen molar-refractivity contribution < 1.29 is 9.47 Å². The second kappa shape index (κ2) is 6.40. The van der Waals surface area contributed by atoms with Crippen LogP contribution in [0, 0.1) is 0 Å². The Morgan fingerprint density at radius 2 is 2.00 bits per heavy atom. The van der Waals surface area contributed by atoms with Gasteiger partial charge < -0.3 is 15.2 Å². The lowest BCUT2D eigenvalue weighted by molar-refractivity contribution is -0.188. The number of pyridine rings is 1. The molecule has 0 radical (unpaired) electrons. The maximum absolute atomic E-state index is 6.38. The fourth-order valence-electron chi connectivity index (χ4n) is 3.38. The topological polar surface area (TPSA) is 60.6 Å². The smallest absolute Gasteiger partial charge is 0.170 e.